The first-order chi connectivity index (χ1) is 11.2. The summed E-state index contributed by atoms with van der Waals surface area (Å²) in [4.78, 5) is 14.2. The molecule has 0 radical (unpaired) electrons. The second-order valence-electron chi connectivity index (χ2n) is 5.78. The Balaban J connectivity index is 1.68. The van der Waals surface area contributed by atoms with Gasteiger partial charge in [-0.15, -0.1) is 0 Å². The molecular formula is C17H21N3O3. The summed E-state index contributed by atoms with van der Waals surface area (Å²) >= 11 is 0. The van der Waals surface area contributed by atoms with Crippen molar-refractivity contribution < 1.29 is 14.6 Å². The topological polar surface area (TPSA) is 67.6 Å². The van der Waals surface area contributed by atoms with Gasteiger partial charge in [-0.05, 0) is 24.1 Å². The van der Waals surface area contributed by atoms with Crippen LogP contribution in [0.15, 0.2) is 42.7 Å². The van der Waals surface area contributed by atoms with Crippen LogP contribution in [0, 0.1) is 0 Å². The lowest BCUT2D eigenvalue weighted by Gasteiger charge is -2.22. The van der Waals surface area contributed by atoms with Crippen LogP contribution >= 0.6 is 0 Å². The van der Waals surface area contributed by atoms with Gasteiger partial charge < -0.3 is 14.7 Å². The molecule has 0 bridgehead atoms. The van der Waals surface area contributed by atoms with E-state index in [2.05, 4.69) is 5.10 Å². The normalized spacial score (nSPS) is 20.9. The van der Waals surface area contributed by atoms with Crippen LogP contribution in [-0.4, -0.2) is 58.1 Å². The standard InChI is InChI=1S/C17H21N3O3/c1-23-16-8-15(12-21)19(11-16)17(22)7-13-9-18-20(10-13)14-5-3-2-4-6-14/h2-6,9-10,15-16,21H,7-8,11-12H2,1H3/t15-,16-/m0/s1. The van der Waals surface area contributed by atoms with Gasteiger partial charge in [-0.1, -0.05) is 18.2 Å². The Morgan fingerprint density at radius 3 is 2.87 bits per heavy atom. The number of ether oxygens (including phenoxy) is 1. The number of benzene rings is 1. The van der Waals surface area contributed by atoms with Crippen LogP contribution in [0.1, 0.15) is 12.0 Å². The van der Waals surface area contributed by atoms with Crippen molar-refractivity contribution in [1.29, 1.82) is 0 Å². The van der Waals surface area contributed by atoms with Crippen molar-refractivity contribution in [3.63, 3.8) is 0 Å². The van der Waals surface area contributed by atoms with Gasteiger partial charge in [-0.3, -0.25) is 4.79 Å². The molecule has 2 atom stereocenters. The number of rotatable bonds is 5. The van der Waals surface area contributed by atoms with E-state index < -0.39 is 0 Å². The Bertz CT molecular complexity index is 656. The minimum Gasteiger partial charge on any atom is -0.394 e. The smallest absolute Gasteiger partial charge is 0.227 e. The average molecular weight is 315 g/mol. The lowest BCUT2D eigenvalue weighted by molar-refractivity contribution is -0.132. The van der Waals surface area contributed by atoms with Gasteiger partial charge in [0.05, 0.1) is 37.1 Å². The number of hydrogen-bond donors (Lipinski definition) is 1. The first kappa shape index (κ1) is 15.7. The number of aliphatic hydroxyl groups is 1. The van der Waals surface area contributed by atoms with Crippen LogP contribution in [-0.2, 0) is 16.0 Å². The molecule has 1 fully saturated rings. The van der Waals surface area contributed by atoms with E-state index in [1.807, 2.05) is 36.5 Å². The summed E-state index contributed by atoms with van der Waals surface area (Å²) in [5.41, 5.74) is 1.82. The second-order valence-corrected chi connectivity index (χ2v) is 5.78. The molecule has 0 spiro atoms. The second kappa shape index (κ2) is 6.93. The molecule has 0 aliphatic carbocycles. The van der Waals surface area contributed by atoms with Crippen LogP contribution in [0.5, 0.6) is 0 Å². The number of para-hydroxylation sites is 1. The molecule has 1 aliphatic heterocycles. The predicted octanol–water partition coefficient (Wildman–Crippen LogP) is 1.02. The van der Waals surface area contributed by atoms with E-state index in [9.17, 15) is 9.90 Å². The molecule has 2 heterocycles. The number of methoxy groups -OCH3 is 1. The molecule has 1 aromatic carbocycles. The summed E-state index contributed by atoms with van der Waals surface area (Å²) in [6.45, 7) is 0.502. The largest absolute Gasteiger partial charge is 0.394 e. The van der Waals surface area contributed by atoms with Gasteiger partial charge in [0.1, 0.15) is 0 Å². The molecule has 3 rings (SSSR count). The molecule has 122 valence electrons. The molecule has 0 saturated carbocycles. The molecular weight excluding hydrogens is 294 g/mol. The van der Waals surface area contributed by atoms with E-state index >= 15 is 0 Å². The van der Waals surface area contributed by atoms with Gasteiger partial charge in [-0.25, -0.2) is 4.68 Å². The third-order valence-corrected chi connectivity index (χ3v) is 4.25. The molecule has 1 amide bonds. The third-order valence-electron chi connectivity index (χ3n) is 4.25. The van der Waals surface area contributed by atoms with Gasteiger partial charge in [0.25, 0.3) is 0 Å². The van der Waals surface area contributed by atoms with Gasteiger partial charge in [0.2, 0.25) is 5.91 Å². The molecule has 23 heavy (non-hydrogen) atoms. The minimum atomic E-state index is -0.156. The van der Waals surface area contributed by atoms with Crippen molar-refractivity contribution in [2.24, 2.45) is 0 Å². The minimum absolute atomic E-state index is 0.00291. The number of carbonyl (C=O) groups excluding carboxylic acids is 1. The van der Waals surface area contributed by atoms with E-state index in [4.69, 9.17) is 4.74 Å². The number of carbonyl (C=O) groups is 1. The lowest BCUT2D eigenvalue weighted by atomic mass is 10.2. The van der Waals surface area contributed by atoms with Crippen molar-refractivity contribution in [2.75, 3.05) is 20.3 Å². The van der Waals surface area contributed by atoms with Crippen molar-refractivity contribution in [2.45, 2.75) is 25.0 Å². The summed E-state index contributed by atoms with van der Waals surface area (Å²) in [5, 5.41) is 13.8. The number of aliphatic hydroxyl groups excluding tert-OH is 1. The lowest BCUT2D eigenvalue weighted by Crippen LogP contribution is -2.38. The van der Waals surface area contributed by atoms with Crippen molar-refractivity contribution >= 4 is 5.91 Å². The van der Waals surface area contributed by atoms with Crippen LogP contribution in [0.3, 0.4) is 0 Å². The van der Waals surface area contributed by atoms with Gasteiger partial charge in [0, 0.05) is 19.9 Å². The molecule has 6 heteroatoms. The van der Waals surface area contributed by atoms with Crippen LogP contribution < -0.4 is 0 Å². The third kappa shape index (κ3) is 3.43. The molecule has 1 saturated heterocycles. The molecule has 2 aromatic rings. The maximum Gasteiger partial charge on any atom is 0.227 e. The number of likely N-dealkylation sites (tertiary alicyclic amines) is 1. The molecule has 1 aromatic heterocycles. The zero-order valence-electron chi connectivity index (χ0n) is 13.1. The zero-order chi connectivity index (χ0) is 16.2. The van der Waals surface area contributed by atoms with E-state index in [-0.39, 0.29) is 31.1 Å². The SMILES string of the molecule is CO[C@H]1C[C@@H](CO)N(C(=O)Cc2cnn(-c3ccccc3)c2)C1. The maximum absolute atomic E-state index is 12.5. The van der Waals surface area contributed by atoms with Gasteiger partial charge in [0.15, 0.2) is 0 Å². The highest BCUT2D eigenvalue weighted by Gasteiger charge is 2.34. The monoisotopic (exact) mass is 315 g/mol. The molecule has 1 aliphatic rings. The first-order valence-electron chi connectivity index (χ1n) is 7.73. The van der Waals surface area contributed by atoms with Crippen molar-refractivity contribution in [3.05, 3.63) is 48.3 Å². The highest BCUT2D eigenvalue weighted by Crippen LogP contribution is 2.21. The highest BCUT2D eigenvalue weighted by atomic mass is 16.5. The van der Waals surface area contributed by atoms with Crippen LogP contribution in [0.25, 0.3) is 5.69 Å². The number of nitrogens with zero attached hydrogens (tertiary/aromatic N) is 3. The summed E-state index contributed by atoms with van der Waals surface area (Å²) in [5.74, 6) is -0.00351. The fraction of sp³-hybridized carbons (Fsp3) is 0.412. The Labute approximate surface area is 135 Å². The summed E-state index contributed by atoms with van der Waals surface area (Å²) < 4.78 is 7.07. The van der Waals surface area contributed by atoms with E-state index in [1.165, 1.54) is 0 Å². The van der Waals surface area contributed by atoms with Crippen molar-refractivity contribution in [1.82, 2.24) is 14.7 Å². The summed E-state index contributed by atoms with van der Waals surface area (Å²) in [7, 11) is 1.64. The Morgan fingerprint density at radius 2 is 2.17 bits per heavy atom. The zero-order valence-corrected chi connectivity index (χ0v) is 13.1. The Kier molecular flexibility index (Phi) is 4.73. The highest BCUT2D eigenvalue weighted by molar-refractivity contribution is 5.79. The Morgan fingerprint density at radius 1 is 1.39 bits per heavy atom. The number of hydrogen-bond acceptors (Lipinski definition) is 4. The van der Waals surface area contributed by atoms with Gasteiger partial charge >= 0.3 is 0 Å². The Hall–Kier alpha value is -2.18. The van der Waals surface area contributed by atoms with Gasteiger partial charge in [-0.2, -0.15) is 5.10 Å². The predicted molar refractivity (Wildman–Crippen MR) is 85.3 cm³/mol. The maximum atomic E-state index is 12.5. The van der Waals surface area contributed by atoms with Crippen LogP contribution in [0.4, 0.5) is 0 Å². The summed E-state index contributed by atoms with van der Waals surface area (Å²) in [6, 6.07) is 9.61. The van der Waals surface area contributed by atoms with Crippen LogP contribution in [0.2, 0.25) is 0 Å². The molecule has 6 nitrogen and oxygen atoms in total. The van der Waals surface area contributed by atoms with E-state index in [0.717, 1.165) is 11.3 Å². The van der Waals surface area contributed by atoms with E-state index in [0.29, 0.717) is 13.0 Å². The molecule has 1 N–H and O–H groups in total. The quantitative estimate of drug-likeness (QED) is 0.894. The first-order valence-corrected chi connectivity index (χ1v) is 7.73. The fourth-order valence-electron chi connectivity index (χ4n) is 2.97. The summed E-state index contributed by atoms with van der Waals surface area (Å²) in [6.07, 6.45) is 4.54. The van der Waals surface area contributed by atoms with E-state index in [1.54, 1.807) is 22.9 Å². The molecule has 0 unspecified atom stereocenters. The average Bonchev–Trinajstić information content (AvgIpc) is 3.22. The van der Waals surface area contributed by atoms with Crippen molar-refractivity contribution in [3.8, 4) is 5.69 Å². The number of aromatic nitrogens is 2. The fourth-order valence-corrected chi connectivity index (χ4v) is 2.97. The number of amides is 1.